The average molecular weight is 597 g/mol. The van der Waals surface area contributed by atoms with Crippen molar-refractivity contribution >= 4 is 0 Å². The van der Waals surface area contributed by atoms with Crippen LogP contribution in [-0.2, 0) is 0 Å². The van der Waals surface area contributed by atoms with E-state index in [1.54, 1.807) is 31.2 Å². The molecule has 1 aromatic rings. The van der Waals surface area contributed by atoms with Crippen LogP contribution in [0.4, 0.5) is 0 Å². The Labute approximate surface area is 272 Å². The first-order chi connectivity index (χ1) is 22.9. The lowest BCUT2D eigenvalue weighted by atomic mass is 9.43. The van der Waals surface area contributed by atoms with Crippen molar-refractivity contribution in [1.29, 1.82) is 0 Å². The molecule has 1 aromatic carbocycles. The second-order valence-electron chi connectivity index (χ2n) is 21.4. The Morgan fingerprint density at radius 1 is 0.348 bits per heavy atom. The molecule has 10 fully saturated rings. The molecule has 0 amide bonds. The summed E-state index contributed by atoms with van der Waals surface area (Å²) in [4.78, 5) is 0. The standard InChI is InChI=1S/C46H44/c1-2-4-14-13(3-1)23-24(14)32-22-12-10-20-18-8-6-16-15-5-7-17-19-9-11-21-31(23)38-39(32)41-34(22)30(20)37-28(18)26(16)35-25(15)27(17)36-29(19)33(21)40(38)45-43(36)42(35)44(37)46(41)45/h1-5,7,9,11,15-30,32-35,37,39-42,44-46H,6,8,10,12H2. The summed E-state index contributed by atoms with van der Waals surface area (Å²) >= 11 is 0. The minimum Gasteiger partial charge on any atom is -0.0845 e. The first-order valence-electron chi connectivity index (χ1n) is 20.8. The Hall–Kier alpha value is -1.82. The molecule has 46 heavy (non-hydrogen) atoms. The molecule has 17 aliphatic rings. The van der Waals surface area contributed by atoms with E-state index in [-0.39, 0.29) is 0 Å². The number of hydrogen-bond acceptors (Lipinski definition) is 0. The van der Waals surface area contributed by atoms with E-state index < -0.39 is 0 Å². The highest BCUT2D eigenvalue weighted by molar-refractivity contribution is 5.63. The maximum atomic E-state index is 2.95. The Morgan fingerprint density at radius 2 is 0.913 bits per heavy atom. The third kappa shape index (κ3) is 1.63. The summed E-state index contributed by atoms with van der Waals surface area (Å²) in [6.45, 7) is 0. The summed E-state index contributed by atoms with van der Waals surface area (Å²) in [5.74, 6) is 28.5. The Morgan fingerprint density at radius 3 is 1.80 bits per heavy atom. The SMILES string of the molecule is C1=CC2C3C=CC4C5CCC6C7CCC8C9C%10C%11=C(C1C1C2C2=C%12C(C%111)C1C%10C8C7C7C6C5C(C%12C17)C4C23)C1c2ccccc2C19. The molecule has 0 heterocycles. The summed E-state index contributed by atoms with van der Waals surface area (Å²) in [5.41, 5.74) is 12.5. The van der Waals surface area contributed by atoms with Gasteiger partial charge in [-0.25, -0.2) is 0 Å². The van der Waals surface area contributed by atoms with Crippen molar-refractivity contribution in [2.24, 2.45) is 154 Å². The molecule has 0 bridgehead atoms. The van der Waals surface area contributed by atoms with Crippen LogP contribution in [0, 0.1) is 154 Å². The third-order valence-corrected chi connectivity index (χ3v) is 22.5. The molecule has 0 spiro atoms. The van der Waals surface area contributed by atoms with E-state index in [0.29, 0.717) is 0 Å². The van der Waals surface area contributed by atoms with Crippen LogP contribution in [0.25, 0.3) is 0 Å². The third-order valence-electron chi connectivity index (χ3n) is 22.5. The highest BCUT2D eigenvalue weighted by Gasteiger charge is 2.86. The smallest absolute Gasteiger partial charge is 0.0132 e. The van der Waals surface area contributed by atoms with E-state index in [4.69, 9.17) is 0 Å². The van der Waals surface area contributed by atoms with Gasteiger partial charge in [0.1, 0.15) is 0 Å². The van der Waals surface area contributed by atoms with Crippen molar-refractivity contribution in [3.8, 4) is 0 Å². The lowest BCUT2D eigenvalue weighted by Crippen LogP contribution is -2.57. The molecule has 0 N–H and O–H groups in total. The number of hydrogen-bond donors (Lipinski definition) is 0. The van der Waals surface area contributed by atoms with Gasteiger partial charge in [0.15, 0.2) is 0 Å². The maximum Gasteiger partial charge on any atom is 0.0132 e. The molecule has 0 nitrogen and oxygen atoms in total. The van der Waals surface area contributed by atoms with Crippen molar-refractivity contribution in [3.63, 3.8) is 0 Å². The second kappa shape index (κ2) is 6.10. The lowest BCUT2D eigenvalue weighted by molar-refractivity contribution is -0.127. The molecule has 0 saturated heterocycles. The predicted molar refractivity (Wildman–Crippen MR) is 173 cm³/mol. The lowest BCUT2D eigenvalue weighted by Gasteiger charge is -2.61. The van der Waals surface area contributed by atoms with Gasteiger partial charge in [0.2, 0.25) is 0 Å². The molecular formula is C46H44. The Kier molecular flexibility index (Phi) is 2.92. The van der Waals surface area contributed by atoms with Crippen molar-refractivity contribution in [2.75, 3.05) is 0 Å². The van der Waals surface area contributed by atoms with Gasteiger partial charge in [0.05, 0.1) is 0 Å². The second-order valence-corrected chi connectivity index (χ2v) is 21.4. The minimum absolute atomic E-state index is 0.785. The van der Waals surface area contributed by atoms with Gasteiger partial charge >= 0.3 is 0 Å². The van der Waals surface area contributed by atoms with Crippen LogP contribution in [0.1, 0.15) is 48.6 Å². The van der Waals surface area contributed by atoms with E-state index in [2.05, 4.69) is 70.9 Å². The van der Waals surface area contributed by atoms with E-state index >= 15 is 0 Å². The van der Waals surface area contributed by atoms with Crippen LogP contribution in [0.3, 0.4) is 0 Å². The van der Waals surface area contributed by atoms with Gasteiger partial charge in [-0.1, -0.05) is 70.9 Å². The van der Waals surface area contributed by atoms with Gasteiger partial charge in [-0.05, 0) is 191 Å². The monoisotopic (exact) mass is 596 g/mol. The van der Waals surface area contributed by atoms with Crippen LogP contribution in [0.15, 0.2) is 70.9 Å². The molecule has 17 aliphatic carbocycles. The number of benzene rings is 1. The summed E-state index contributed by atoms with van der Waals surface area (Å²) in [7, 11) is 0. The molecule has 10 saturated carbocycles. The van der Waals surface area contributed by atoms with E-state index in [1.807, 2.05) is 5.56 Å². The van der Waals surface area contributed by atoms with Gasteiger partial charge in [0, 0.05) is 11.8 Å². The molecule has 28 unspecified atom stereocenters. The van der Waals surface area contributed by atoms with Crippen LogP contribution < -0.4 is 0 Å². The van der Waals surface area contributed by atoms with Crippen LogP contribution in [0.5, 0.6) is 0 Å². The molecule has 228 valence electrons. The number of rotatable bonds is 0. The largest absolute Gasteiger partial charge is 0.0845 e. The van der Waals surface area contributed by atoms with Crippen molar-refractivity contribution in [3.05, 3.63) is 82.0 Å². The topological polar surface area (TPSA) is 0 Å². The van der Waals surface area contributed by atoms with Crippen molar-refractivity contribution in [1.82, 2.24) is 0 Å². The highest BCUT2D eigenvalue weighted by atomic mass is 14.9. The Balaban J connectivity index is 1.03. The normalized spacial score (nSPS) is 73.8. The average Bonchev–Trinajstić information content (AvgIpc) is 3.90. The van der Waals surface area contributed by atoms with Crippen molar-refractivity contribution < 1.29 is 0 Å². The van der Waals surface area contributed by atoms with Gasteiger partial charge in [-0.15, -0.1) is 0 Å². The highest BCUT2D eigenvalue weighted by Crippen LogP contribution is 2.92. The Bertz CT molecular complexity index is 1990. The van der Waals surface area contributed by atoms with Crippen LogP contribution >= 0.6 is 0 Å². The number of fused-ring (bicyclic) bond motifs is 11. The van der Waals surface area contributed by atoms with Crippen LogP contribution in [-0.4, -0.2) is 0 Å². The molecule has 0 heteroatoms. The fourth-order valence-electron chi connectivity index (χ4n) is 23.6. The molecular weight excluding hydrogens is 553 g/mol. The van der Waals surface area contributed by atoms with Gasteiger partial charge in [0.25, 0.3) is 0 Å². The van der Waals surface area contributed by atoms with Gasteiger partial charge < -0.3 is 0 Å². The summed E-state index contributed by atoms with van der Waals surface area (Å²) in [6, 6.07) is 10.1. The molecule has 0 radical (unpaired) electrons. The summed E-state index contributed by atoms with van der Waals surface area (Å²) in [5, 5.41) is 0. The van der Waals surface area contributed by atoms with Gasteiger partial charge in [-0.3, -0.25) is 0 Å². The minimum atomic E-state index is 0.785. The zero-order chi connectivity index (χ0) is 28.1. The zero-order valence-corrected chi connectivity index (χ0v) is 26.6. The fourth-order valence-corrected chi connectivity index (χ4v) is 23.6. The molecule has 0 aromatic heterocycles. The molecule has 0 aliphatic heterocycles. The van der Waals surface area contributed by atoms with E-state index in [1.165, 1.54) is 0 Å². The van der Waals surface area contributed by atoms with E-state index in [9.17, 15) is 0 Å². The van der Waals surface area contributed by atoms with E-state index in [0.717, 1.165) is 166 Å². The first kappa shape index (κ1) is 22.0. The molecule has 18 rings (SSSR count). The molecule has 28 atom stereocenters. The van der Waals surface area contributed by atoms with Gasteiger partial charge in [-0.2, -0.15) is 0 Å². The van der Waals surface area contributed by atoms with Crippen LogP contribution in [0.2, 0.25) is 0 Å². The summed E-state index contributed by atoms with van der Waals surface area (Å²) in [6.07, 6.45) is 18.3. The maximum absolute atomic E-state index is 2.95. The zero-order valence-electron chi connectivity index (χ0n) is 26.6. The fraction of sp³-hybridized carbons (Fsp3) is 0.696. The first-order valence-corrected chi connectivity index (χ1v) is 20.8. The number of allylic oxidation sites excluding steroid dienone is 8. The quantitative estimate of drug-likeness (QED) is 0.264. The van der Waals surface area contributed by atoms with Crippen molar-refractivity contribution in [2.45, 2.75) is 37.5 Å². The summed E-state index contributed by atoms with van der Waals surface area (Å²) < 4.78 is 0. The predicted octanol–water partition coefficient (Wildman–Crippen LogP) is 8.37.